The molecule has 0 spiro atoms. The zero-order valence-corrected chi connectivity index (χ0v) is 28.5. The summed E-state index contributed by atoms with van der Waals surface area (Å²) in [7, 11) is 0. The highest BCUT2D eigenvalue weighted by Gasteiger charge is 2.40. The van der Waals surface area contributed by atoms with Crippen LogP contribution in [0.1, 0.15) is 106 Å². The zero-order valence-electron chi connectivity index (χ0n) is 27.7. The van der Waals surface area contributed by atoms with Gasteiger partial charge in [0.05, 0.1) is 16.2 Å². The summed E-state index contributed by atoms with van der Waals surface area (Å²) in [4.78, 5) is 42.1. The van der Waals surface area contributed by atoms with E-state index < -0.39 is 5.97 Å². The summed E-state index contributed by atoms with van der Waals surface area (Å²) < 4.78 is 0. The fourth-order valence-corrected chi connectivity index (χ4v) is 6.89. The highest BCUT2D eigenvalue weighted by atomic mass is 32.2. The molecule has 0 bridgehead atoms. The van der Waals surface area contributed by atoms with Gasteiger partial charge in [0.2, 0.25) is 11.8 Å². The number of carboxylic acids is 1. The molecular weight excluding hydrogens is 580 g/mol. The van der Waals surface area contributed by atoms with Gasteiger partial charge in [0.25, 0.3) is 0 Å². The average molecular weight is 635 g/mol. The van der Waals surface area contributed by atoms with Crippen LogP contribution in [-0.2, 0) is 22.6 Å². The molecule has 7 heteroatoms. The Labute approximate surface area is 276 Å². The summed E-state index contributed by atoms with van der Waals surface area (Å²) in [6, 6.07) is 17.1. The normalized spacial score (nSPS) is 16.0. The second-order valence-electron chi connectivity index (χ2n) is 11.6. The lowest BCUT2D eigenvalue weighted by Gasteiger charge is -2.24. The summed E-state index contributed by atoms with van der Waals surface area (Å²) in [6.07, 6.45) is 16.8. The maximum atomic E-state index is 13.7. The van der Waals surface area contributed by atoms with Crippen molar-refractivity contribution in [2.75, 3.05) is 13.1 Å². The smallest absolute Gasteiger partial charge is 0.335 e. The van der Waals surface area contributed by atoms with E-state index in [-0.39, 0.29) is 28.9 Å². The number of carboxylic acid groups (broad SMARTS) is 1. The number of hydrogen-bond acceptors (Lipinski definition) is 4. The Hall–Kier alpha value is -3.32. The van der Waals surface area contributed by atoms with E-state index in [1.165, 1.54) is 32.1 Å². The molecule has 1 unspecified atom stereocenters. The molecular formula is C38H54N2O4S. The predicted octanol–water partition coefficient (Wildman–Crippen LogP) is 8.92. The van der Waals surface area contributed by atoms with E-state index in [1.807, 2.05) is 78.3 Å². The van der Waals surface area contributed by atoms with Crippen molar-refractivity contribution in [2.45, 2.75) is 109 Å². The Bertz CT molecular complexity index is 1180. The van der Waals surface area contributed by atoms with Crippen LogP contribution in [0.2, 0.25) is 0 Å². The van der Waals surface area contributed by atoms with Crippen LogP contribution in [0.5, 0.6) is 0 Å². The first-order valence-corrected chi connectivity index (χ1v) is 17.6. The van der Waals surface area contributed by atoms with E-state index in [2.05, 4.69) is 13.5 Å². The van der Waals surface area contributed by atoms with E-state index in [0.717, 1.165) is 43.2 Å². The Morgan fingerprint density at radius 1 is 0.933 bits per heavy atom. The highest BCUT2D eigenvalue weighted by Crippen LogP contribution is 2.37. The van der Waals surface area contributed by atoms with Gasteiger partial charge >= 0.3 is 5.97 Å². The second kappa shape index (κ2) is 22.2. The first kappa shape index (κ1) is 37.9. The molecule has 0 saturated carbocycles. The van der Waals surface area contributed by atoms with Crippen LogP contribution in [0.25, 0.3) is 0 Å². The standard InChI is InChI=1S/C35H48N2O4S.C3H6/c1-3-5-7-8-9-13-19-33-37(25-15-14-16-28-20-22-30(23-21-28)35(40)41)34(39)31(42-33)26-32(38)36(24-6-4-2)27-29-17-11-10-12-18-29;1-3-2/h4,6,10-12,17-18,20-23,31,33H,3,5,7-9,13-16,19,24-27H2,1-2H3,(H,40,41);3H,1H2,2H3/b6-4+;/t31?,33-;/m0./s1. The van der Waals surface area contributed by atoms with Crippen LogP contribution in [0.3, 0.4) is 0 Å². The number of hydrogen-bond donors (Lipinski definition) is 1. The topological polar surface area (TPSA) is 77.9 Å². The molecule has 1 aliphatic heterocycles. The third kappa shape index (κ3) is 14.1. The number of carbonyl (C=O) groups is 3. The quantitative estimate of drug-likeness (QED) is 0.123. The van der Waals surface area contributed by atoms with E-state index in [1.54, 1.807) is 30.0 Å². The maximum Gasteiger partial charge on any atom is 0.335 e. The molecule has 0 aromatic heterocycles. The number of aromatic carboxylic acids is 1. The number of aryl methyl sites for hydroxylation is 1. The fourth-order valence-electron chi connectivity index (χ4n) is 5.36. The van der Waals surface area contributed by atoms with Crippen molar-refractivity contribution in [2.24, 2.45) is 0 Å². The van der Waals surface area contributed by atoms with Crippen LogP contribution in [0, 0.1) is 0 Å². The minimum atomic E-state index is -0.916. The van der Waals surface area contributed by atoms with Gasteiger partial charge in [-0.05, 0) is 62.8 Å². The van der Waals surface area contributed by atoms with E-state index in [4.69, 9.17) is 5.11 Å². The third-order valence-corrected chi connectivity index (χ3v) is 9.34. The largest absolute Gasteiger partial charge is 0.478 e. The van der Waals surface area contributed by atoms with Gasteiger partial charge in [0, 0.05) is 26.1 Å². The zero-order chi connectivity index (χ0) is 32.9. The molecule has 2 amide bonds. The summed E-state index contributed by atoms with van der Waals surface area (Å²) in [5.41, 5.74) is 2.49. The van der Waals surface area contributed by atoms with Crippen molar-refractivity contribution >= 4 is 29.5 Å². The maximum absolute atomic E-state index is 13.7. The number of nitrogens with zero attached hydrogens (tertiary/aromatic N) is 2. The van der Waals surface area contributed by atoms with Crippen LogP contribution < -0.4 is 0 Å². The van der Waals surface area contributed by atoms with Crippen molar-refractivity contribution in [1.29, 1.82) is 0 Å². The molecule has 6 nitrogen and oxygen atoms in total. The molecule has 1 aliphatic rings. The lowest BCUT2D eigenvalue weighted by molar-refractivity contribution is -0.136. The Balaban J connectivity index is 0.00000226. The van der Waals surface area contributed by atoms with Gasteiger partial charge in [0.15, 0.2) is 0 Å². The molecule has 2 aromatic carbocycles. The van der Waals surface area contributed by atoms with Crippen molar-refractivity contribution in [3.8, 4) is 0 Å². The van der Waals surface area contributed by atoms with Crippen molar-refractivity contribution in [1.82, 2.24) is 9.80 Å². The van der Waals surface area contributed by atoms with Crippen LogP contribution in [-0.4, -0.2) is 56.4 Å². The lowest BCUT2D eigenvalue weighted by atomic mass is 10.1. The van der Waals surface area contributed by atoms with Crippen LogP contribution in [0.4, 0.5) is 0 Å². The lowest BCUT2D eigenvalue weighted by Crippen LogP contribution is -2.38. The molecule has 1 heterocycles. The van der Waals surface area contributed by atoms with Crippen molar-refractivity contribution < 1.29 is 19.5 Å². The molecule has 2 atom stereocenters. The first-order valence-electron chi connectivity index (χ1n) is 16.6. The van der Waals surface area contributed by atoms with Gasteiger partial charge in [-0.2, -0.15) is 0 Å². The number of carbonyl (C=O) groups excluding carboxylic acids is 2. The Morgan fingerprint density at radius 2 is 1.60 bits per heavy atom. The van der Waals surface area contributed by atoms with E-state index in [0.29, 0.717) is 25.2 Å². The molecule has 1 fully saturated rings. The van der Waals surface area contributed by atoms with Gasteiger partial charge in [-0.25, -0.2) is 4.79 Å². The van der Waals surface area contributed by atoms with Gasteiger partial charge in [-0.3, -0.25) is 9.59 Å². The molecule has 45 heavy (non-hydrogen) atoms. The predicted molar refractivity (Wildman–Crippen MR) is 188 cm³/mol. The molecule has 1 saturated heterocycles. The summed E-state index contributed by atoms with van der Waals surface area (Å²) in [5, 5.41) is 8.90. The minimum Gasteiger partial charge on any atom is -0.478 e. The number of allylic oxidation sites excluding steroid dienone is 2. The van der Waals surface area contributed by atoms with Gasteiger partial charge in [-0.15, -0.1) is 18.3 Å². The molecule has 3 rings (SSSR count). The number of amides is 2. The van der Waals surface area contributed by atoms with E-state index in [9.17, 15) is 14.4 Å². The summed E-state index contributed by atoms with van der Waals surface area (Å²) in [6.45, 7) is 11.2. The SMILES string of the molecule is C/C=C/CN(Cc1ccccc1)C(=O)CC1S[C@@H](CCCCCCCC)N(CCCCc2ccc(C(=O)O)cc2)C1=O.C=CC. The van der Waals surface area contributed by atoms with Crippen LogP contribution >= 0.6 is 11.8 Å². The monoisotopic (exact) mass is 634 g/mol. The second-order valence-corrected chi connectivity index (χ2v) is 13.0. The van der Waals surface area contributed by atoms with Gasteiger partial charge in [0.1, 0.15) is 0 Å². The highest BCUT2D eigenvalue weighted by molar-refractivity contribution is 8.01. The van der Waals surface area contributed by atoms with E-state index >= 15 is 0 Å². The van der Waals surface area contributed by atoms with Gasteiger partial charge < -0.3 is 14.9 Å². The molecule has 1 N–H and O–H groups in total. The fraction of sp³-hybridized carbons (Fsp3) is 0.500. The Kier molecular flexibility index (Phi) is 18.7. The van der Waals surface area contributed by atoms with Crippen molar-refractivity contribution in [3.05, 3.63) is 96.1 Å². The average Bonchev–Trinajstić information content (AvgIpc) is 3.33. The van der Waals surface area contributed by atoms with Gasteiger partial charge in [-0.1, -0.05) is 106 Å². The van der Waals surface area contributed by atoms with Crippen LogP contribution in [0.15, 0.2) is 79.4 Å². The van der Waals surface area contributed by atoms with Crippen molar-refractivity contribution in [3.63, 3.8) is 0 Å². The Morgan fingerprint density at radius 3 is 2.24 bits per heavy atom. The number of rotatable bonds is 19. The molecule has 0 aliphatic carbocycles. The summed E-state index contributed by atoms with van der Waals surface area (Å²) in [5.74, 6) is -0.797. The molecule has 0 radical (unpaired) electrons. The third-order valence-electron chi connectivity index (χ3n) is 7.84. The number of thioether (sulfide) groups is 1. The molecule has 2 aromatic rings. The number of unbranched alkanes of at least 4 members (excludes halogenated alkanes) is 6. The molecule has 246 valence electrons. The summed E-state index contributed by atoms with van der Waals surface area (Å²) >= 11 is 1.69. The first-order chi connectivity index (χ1) is 21.8. The minimum absolute atomic E-state index is 0.0211. The number of benzene rings is 2.